The molecule has 0 amide bonds. The van der Waals surface area contributed by atoms with E-state index in [4.69, 9.17) is 9.47 Å². The van der Waals surface area contributed by atoms with Gasteiger partial charge in [-0.15, -0.1) is 0 Å². The summed E-state index contributed by atoms with van der Waals surface area (Å²) in [5.41, 5.74) is -4.88. The fraction of sp³-hybridized carbons (Fsp3) is 0.821. The molecule has 3 fully saturated rings. The van der Waals surface area contributed by atoms with E-state index in [1.54, 1.807) is 19.9 Å². The first kappa shape index (κ1) is 27.3. The van der Waals surface area contributed by atoms with Crippen LogP contribution in [0, 0.1) is 35.0 Å². The van der Waals surface area contributed by atoms with Crippen molar-refractivity contribution in [2.24, 2.45) is 35.0 Å². The van der Waals surface area contributed by atoms with Gasteiger partial charge in [-0.1, -0.05) is 40.7 Å². The number of fused-ring (bicyclic) bond motifs is 5. The molecule has 9 atom stereocenters. The Bertz CT molecular complexity index is 971. The van der Waals surface area contributed by atoms with Crippen molar-refractivity contribution in [1.29, 1.82) is 0 Å². The van der Waals surface area contributed by atoms with E-state index in [0.29, 0.717) is 24.8 Å². The summed E-state index contributed by atoms with van der Waals surface area (Å²) in [5, 5.41) is 34.6. The predicted molar refractivity (Wildman–Crippen MR) is 130 cm³/mol. The van der Waals surface area contributed by atoms with E-state index in [0.717, 1.165) is 0 Å². The zero-order valence-corrected chi connectivity index (χ0v) is 22.4. The molecule has 4 aliphatic rings. The Morgan fingerprint density at radius 1 is 1.11 bits per heavy atom. The van der Waals surface area contributed by atoms with E-state index in [2.05, 4.69) is 0 Å². The number of hydrogen-bond acceptors (Lipinski definition) is 8. The highest BCUT2D eigenvalue weighted by molar-refractivity contribution is 6.04. The van der Waals surface area contributed by atoms with Gasteiger partial charge in [0.15, 0.2) is 11.4 Å². The SMILES string of the molecule is CCCC(=O)O[C@@H]1[C@@H](C)[C@@]2(O)[C@@H](C[C@@H](CO)C[C@]3(O)C(=O)C(C)=C[C@@H]23)[C@@H]2C(C)(C)[C@]12OC(=O)CCC. The average molecular weight is 507 g/mol. The fourth-order valence-electron chi connectivity index (χ4n) is 8.19. The van der Waals surface area contributed by atoms with Gasteiger partial charge in [0.25, 0.3) is 0 Å². The Labute approximate surface area is 213 Å². The number of carbonyl (C=O) groups excluding carboxylic acids is 3. The molecule has 4 aliphatic carbocycles. The molecule has 0 unspecified atom stereocenters. The van der Waals surface area contributed by atoms with Gasteiger partial charge in [-0.3, -0.25) is 14.4 Å². The average Bonchev–Trinajstić information content (AvgIpc) is 3.23. The van der Waals surface area contributed by atoms with Crippen molar-refractivity contribution in [3.8, 4) is 0 Å². The lowest BCUT2D eigenvalue weighted by Crippen LogP contribution is -2.66. The van der Waals surface area contributed by atoms with Crippen molar-refractivity contribution in [1.82, 2.24) is 0 Å². The summed E-state index contributed by atoms with van der Waals surface area (Å²) < 4.78 is 12.3. The molecule has 0 radical (unpaired) electrons. The lowest BCUT2D eigenvalue weighted by molar-refractivity contribution is -0.233. The quantitative estimate of drug-likeness (QED) is 0.450. The van der Waals surface area contributed by atoms with Crippen LogP contribution in [0.4, 0.5) is 0 Å². The number of Topliss-reactive ketones (excluding diaryl/α,β-unsaturated/α-hetero) is 1. The molecule has 0 saturated heterocycles. The zero-order valence-electron chi connectivity index (χ0n) is 22.4. The van der Waals surface area contributed by atoms with Gasteiger partial charge in [0.2, 0.25) is 0 Å². The summed E-state index contributed by atoms with van der Waals surface area (Å²) in [6.45, 7) is 10.8. The van der Waals surface area contributed by atoms with E-state index in [9.17, 15) is 29.7 Å². The summed E-state index contributed by atoms with van der Waals surface area (Å²) >= 11 is 0. The molecule has 0 aromatic rings. The summed E-state index contributed by atoms with van der Waals surface area (Å²) in [6.07, 6.45) is 2.69. The summed E-state index contributed by atoms with van der Waals surface area (Å²) in [5.74, 6) is -4.23. The van der Waals surface area contributed by atoms with E-state index < -0.39 is 63.7 Å². The van der Waals surface area contributed by atoms with Crippen molar-refractivity contribution in [3.63, 3.8) is 0 Å². The number of hydrogen-bond donors (Lipinski definition) is 3. The number of aliphatic hydroxyl groups is 3. The minimum Gasteiger partial charge on any atom is -0.458 e. The third kappa shape index (κ3) is 3.47. The first-order valence-corrected chi connectivity index (χ1v) is 13.5. The van der Waals surface area contributed by atoms with Crippen LogP contribution in [0.3, 0.4) is 0 Å². The standard InChI is InChI=1S/C28H42O8/c1-7-9-20(30)35-24-16(4)27(34)18(22-25(5,6)28(22,24)36-21(31)10-8-2)12-17(14-29)13-26(33)19(27)11-15(3)23(26)32/h11,16-19,22,24,29,33-34H,7-10,12-14H2,1-6H3/t16-,17-,18+,19-,22-,24-,26-,27-,28-/m1/s1. The predicted octanol–water partition coefficient (Wildman–Crippen LogP) is 2.71. The number of ketones is 1. The van der Waals surface area contributed by atoms with Crippen molar-refractivity contribution in [2.45, 2.75) is 103 Å². The number of esters is 2. The van der Waals surface area contributed by atoms with Crippen LogP contribution >= 0.6 is 0 Å². The van der Waals surface area contributed by atoms with Gasteiger partial charge in [0.05, 0.1) is 5.60 Å². The Hall–Kier alpha value is -1.77. The monoisotopic (exact) mass is 506 g/mol. The smallest absolute Gasteiger partial charge is 0.306 e. The molecule has 3 saturated carbocycles. The topological polar surface area (TPSA) is 130 Å². The Kier molecular flexibility index (Phi) is 6.75. The summed E-state index contributed by atoms with van der Waals surface area (Å²) in [6, 6.07) is 0. The van der Waals surface area contributed by atoms with Crippen LogP contribution in [-0.4, -0.2) is 62.6 Å². The molecule has 3 N–H and O–H groups in total. The molecule has 4 rings (SSSR count). The lowest BCUT2D eigenvalue weighted by atomic mass is 9.58. The highest BCUT2D eigenvalue weighted by Gasteiger charge is 2.88. The van der Waals surface area contributed by atoms with E-state index in [1.807, 2.05) is 27.7 Å². The van der Waals surface area contributed by atoms with Gasteiger partial charge in [0.1, 0.15) is 11.7 Å². The van der Waals surface area contributed by atoms with Gasteiger partial charge < -0.3 is 24.8 Å². The van der Waals surface area contributed by atoms with Gasteiger partial charge >= 0.3 is 11.9 Å². The Morgan fingerprint density at radius 3 is 2.31 bits per heavy atom. The molecular formula is C28H42O8. The van der Waals surface area contributed by atoms with Crippen molar-refractivity contribution in [3.05, 3.63) is 11.6 Å². The number of carbonyl (C=O) groups is 3. The fourth-order valence-corrected chi connectivity index (χ4v) is 8.19. The molecule has 0 bridgehead atoms. The van der Waals surface area contributed by atoms with Crippen molar-refractivity contribution in [2.75, 3.05) is 6.61 Å². The lowest BCUT2D eigenvalue weighted by Gasteiger charge is -2.53. The number of aliphatic hydroxyl groups excluding tert-OH is 1. The molecule has 8 heteroatoms. The molecule has 36 heavy (non-hydrogen) atoms. The number of ether oxygens (including phenoxy) is 2. The molecule has 0 heterocycles. The second-order valence-electron chi connectivity index (χ2n) is 12.2. The van der Waals surface area contributed by atoms with E-state index in [1.165, 1.54) is 0 Å². The van der Waals surface area contributed by atoms with Crippen LogP contribution in [0.5, 0.6) is 0 Å². The second kappa shape index (κ2) is 8.91. The zero-order chi connectivity index (χ0) is 26.8. The molecule has 8 nitrogen and oxygen atoms in total. The molecule has 0 spiro atoms. The molecular weight excluding hydrogens is 464 g/mol. The molecule has 202 valence electrons. The summed E-state index contributed by atoms with van der Waals surface area (Å²) in [4.78, 5) is 38.9. The number of rotatable bonds is 7. The van der Waals surface area contributed by atoms with Gasteiger partial charge in [-0.2, -0.15) is 0 Å². The first-order chi connectivity index (χ1) is 16.8. The van der Waals surface area contributed by atoms with E-state index >= 15 is 0 Å². The maximum Gasteiger partial charge on any atom is 0.306 e. The molecule has 0 aliphatic heterocycles. The van der Waals surface area contributed by atoms with E-state index in [-0.39, 0.29) is 37.8 Å². The van der Waals surface area contributed by atoms with Gasteiger partial charge in [-0.05, 0) is 50.0 Å². The third-order valence-electron chi connectivity index (χ3n) is 9.84. The highest BCUT2D eigenvalue weighted by atomic mass is 16.6. The maximum atomic E-state index is 13.2. The van der Waals surface area contributed by atoms with Crippen molar-refractivity contribution >= 4 is 17.7 Å². The second-order valence-corrected chi connectivity index (χ2v) is 12.2. The summed E-state index contributed by atoms with van der Waals surface area (Å²) in [7, 11) is 0. The minimum atomic E-state index is -1.86. The Balaban J connectivity index is 1.89. The normalized spacial score (nSPS) is 44.5. The van der Waals surface area contributed by atoms with Crippen LogP contribution < -0.4 is 0 Å². The molecule has 0 aromatic heterocycles. The van der Waals surface area contributed by atoms with Crippen LogP contribution in [0.25, 0.3) is 0 Å². The largest absolute Gasteiger partial charge is 0.458 e. The maximum absolute atomic E-state index is 13.2. The van der Waals surface area contributed by atoms with Crippen molar-refractivity contribution < 1.29 is 39.2 Å². The van der Waals surface area contributed by atoms with Gasteiger partial charge in [0, 0.05) is 42.6 Å². The Morgan fingerprint density at radius 2 is 1.72 bits per heavy atom. The first-order valence-electron chi connectivity index (χ1n) is 13.5. The van der Waals surface area contributed by atoms with Crippen LogP contribution in [0.2, 0.25) is 0 Å². The van der Waals surface area contributed by atoms with Crippen LogP contribution in [0.15, 0.2) is 11.6 Å². The molecule has 0 aromatic carbocycles. The van der Waals surface area contributed by atoms with Crippen LogP contribution in [0.1, 0.15) is 80.1 Å². The highest BCUT2D eigenvalue weighted by Crippen LogP contribution is 2.77. The van der Waals surface area contributed by atoms with Crippen LogP contribution in [-0.2, 0) is 23.9 Å². The third-order valence-corrected chi connectivity index (χ3v) is 9.84. The van der Waals surface area contributed by atoms with Gasteiger partial charge in [-0.25, -0.2) is 0 Å². The minimum absolute atomic E-state index is 0.0302.